The molecule has 0 aromatic rings. The quantitative estimate of drug-likeness (QED) is 0.0838. The largest absolute Gasteiger partial charge is 0.462 e. The number of carbonyl (C=O) groups excluding carboxylic acids is 3. The van der Waals surface area contributed by atoms with Crippen LogP contribution in [0.4, 0.5) is 9.59 Å². The van der Waals surface area contributed by atoms with Gasteiger partial charge in [-0.2, -0.15) is 0 Å². The van der Waals surface area contributed by atoms with Crippen molar-refractivity contribution in [2.45, 2.75) is 201 Å². The van der Waals surface area contributed by atoms with Crippen LogP contribution in [0.5, 0.6) is 0 Å². The molecule has 3 aliphatic rings. The molecule has 2 bridgehead atoms. The lowest BCUT2D eigenvalue weighted by molar-refractivity contribution is -0.299. The van der Waals surface area contributed by atoms with E-state index in [2.05, 4.69) is 35.6 Å². The average molecular weight is 1110 g/mol. The number of aliphatic hydroxyl groups is 11. The zero-order valence-corrected chi connectivity index (χ0v) is 46.1. The van der Waals surface area contributed by atoms with Gasteiger partial charge in [-0.05, 0) is 38.7 Å². The molecule has 17 atom stereocenters. The third-order valence-corrected chi connectivity index (χ3v) is 14.7. The number of fused-ring (bicyclic) bond motifs is 2. The van der Waals surface area contributed by atoms with Gasteiger partial charge in [-0.3, -0.25) is 4.79 Å². The van der Waals surface area contributed by atoms with Crippen LogP contribution < -0.4 is 16.0 Å². The van der Waals surface area contributed by atoms with Crippen LogP contribution in [0.3, 0.4) is 0 Å². The lowest BCUT2D eigenvalue weighted by atomic mass is 9.87. The van der Waals surface area contributed by atoms with Crippen molar-refractivity contribution in [1.82, 2.24) is 16.0 Å². The Morgan fingerprint density at radius 2 is 1.32 bits per heavy atom. The van der Waals surface area contributed by atoms with E-state index in [1.807, 2.05) is 13.0 Å². The first-order valence-corrected chi connectivity index (χ1v) is 30.3. The molecule has 14 N–H and O–H groups in total. The number of nitrogens with one attached hydrogen (secondary N) is 3. The number of urea groups is 1. The summed E-state index contributed by atoms with van der Waals surface area (Å²) in [6.45, 7) is 9.40. The Balaban J connectivity index is 1.95. The number of alkyl carbamates (subject to hydrolysis) is 1. The van der Waals surface area contributed by atoms with Crippen molar-refractivity contribution in [3.8, 4) is 0 Å². The van der Waals surface area contributed by atoms with Gasteiger partial charge in [-0.15, -0.1) is 0 Å². The summed E-state index contributed by atoms with van der Waals surface area (Å²) < 4.78 is 29.0. The molecule has 0 aromatic heterocycles. The molecule has 3 aliphatic heterocycles. The molecule has 0 radical (unpaired) electrons. The van der Waals surface area contributed by atoms with E-state index in [0.717, 1.165) is 0 Å². The summed E-state index contributed by atoms with van der Waals surface area (Å²) in [5, 5.41) is 128. The van der Waals surface area contributed by atoms with E-state index in [4.69, 9.17) is 23.7 Å². The Kier molecular flexibility index (Phi) is 30.3. The minimum Gasteiger partial charge on any atom is -0.462 e. The van der Waals surface area contributed by atoms with Gasteiger partial charge in [-0.1, -0.05) is 112 Å². The van der Waals surface area contributed by atoms with E-state index >= 15 is 0 Å². The Morgan fingerprint density at radius 1 is 0.701 bits per heavy atom. The molecule has 22 nitrogen and oxygen atoms in total. The zero-order chi connectivity index (χ0) is 57.1. The zero-order valence-electron chi connectivity index (χ0n) is 45.1. The van der Waals surface area contributed by atoms with Crippen molar-refractivity contribution in [3.63, 3.8) is 0 Å². The monoisotopic (exact) mass is 1110 g/mol. The third kappa shape index (κ3) is 27.0. The minimum atomic E-state index is -2.32. The predicted octanol–water partition coefficient (Wildman–Crippen LogP) is 1.53. The summed E-state index contributed by atoms with van der Waals surface area (Å²) in [6, 6.07) is -2.61. The molecule has 438 valence electrons. The number of amides is 3. The van der Waals surface area contributed by atoms with Crippen LogP contribution in [0.25, 0.3) is 0 Å². The topological polar surface area (TPSA) is 356 Å². The summed E-state index contributed by atoms with van der Waals surface area (Å²) in [7, 11) is -1.56. The predicted molar refractivity (Wildman–Crippen MR) is 287 cm³/mol. The molecular formula is C54H89N3O19Si. The minimum absolute atomic E-state index is 0.0743. The van der Waals surface area contributed by atoms with Crippen LogP contribution in [0.2, 0.25) is 25.7 Å². The molecule has 0 aromatic carbocycles. The van der Waals surface area contributed by atoms with Crippen LogP contribution in [-0.2, 0) is 28.5 Å². The van der Waals surface area contributed by atoms with Crippen LogP contribution in [0, 0.1) is 5.92 Å². The van der Waals surface area contributed by atoms with Crippen molar-refractivity contribution < 1.29 is 94.2 Å². The molecule has 3 rings (SSSR count). The molecule has 0 spiro atoms. The second-order valence-electron chi connectivity index (χ2n) is 21.4. The standard InChI is InChI=1S/C54H89N3O19Si/c1-35-19-16-14-12-10-8-6-7-9-11-13-15-17-20-40(75-51-50(68)49(45(66)34-73-51)57-53(70)72-25-26-77(3,4)5)31-46-48(56-52(69)55-23-18-24-58)44(65)33-54(71,76-46)32-39(61)29-43(64)41(62)22-21-37(59)28-38(60)30-47(67)74-36(2)27-42(35)63/h6-17,19-20,35-46,48-51,58-66,68,71H,18,21-34H2,1-5H3,(H,57,70)(H2,55,56,69)/b7-6+,10-8+,11-9+,14-12+,15-13+,19-16+,20-17+/t35-,36-,37+,38+,39-,40-,41+,42-,43+,44-,45+,46-,48+,49-,50-,51-,54+/m0/s1. The second kappa shape index (κ2) is 34.8. The molecule has 2 saturated heterocycles. The van der Waals surface area contributed by atoms with Crippen molar-refractivity contribution in [3.05, 3.63) is 85.1 Å². The molecule has 3 amide bonds. The van der Waals surface area contributed by atoms with E-state index in [0.29, 0.717) is 6.04 Å². The molecule has 3 heterocycles. The molecule has 23 heteroatoms. The van der Waals surface area contributed by atoms with Crippen molar-refractivity contribution in [2.24, 2.45) is 5.92 Å². The van der Waals surface area contributed by atoms with Gasteiger partial charge in [0.05, 0.1) is 86.7 Å². The lowest BCUT2D eigenvalue weighted by Gasteiger charge is -2.46. The van der Waals surface area contributed by atoms with Gasteiger partial charge in [0, 0.05) is 59.2 Å². The number of cyclic esters (lactones) is 1. The Labute approximate surface area is 453 Å². The molecule has 0 aliphatic carbocycles. The van der Waals surface area contributed by atoms with Crippen LogP contribution in [0.1, 0.15) is 78.1 Å². The normalized spacial score (nSPS) is 38.3. The van der Waals surface area contributed by atoms with Gasteiger partial charge < -0.3 is 95.8 Å². The summed E-state index contributed by atoms with van der Waals surface area (Å²) in [5.74, 6) is -3.32. The van der Waals surface area contributed by atoms with Crippen LogP contribution >= 0.6 is 0 Å². The maximum atomic E-state index is 13.1. The molecule has 77 heavy (non-hydrogen) atoms. The highest BCUT2D eigenvalue weighted by Gasteiger charge is 2.49. The first-order valence-electron chi connectivity index (χ1n) is 26.6. The first-order chi connectivity index (χ1) is 36.4. The highest BCUT2D eigenvalue weighted by Crippen LogP contribution is 2.35. The number of carbonyl (C=O) groups is 3. The van der Waals surface area contributed by atoms with Gasteiger partial charge in [0.25, 0.3) is 0 Å². The van der Waals surface area contributed by atoms with Gasteiger partial charge >= 0.3 is 18.1 Å². The molecular weight excluding hydrogens is 1020 g/mol. The average Bonchev–Trinajstić information content (AvgIpc) is 3.33. The highest BCUT2D eigenvalue weighted by molar-refractivity contribution is 6.76. The Bertz CT molecular complexity index is 1960. The third-order valence-electron chi connectivity index (χ3n) is 13.0. The number of allylic oxidation sites excluding steroid dienone is 12. The van der Waals surface area contributed by atoms with E-state index in [1.54, 1.807) is 85.9 Å². The summed E-state index contributed by atoms with van der Waals surface area (Å²) in [6.07, 6.45) is 3.82. The van der Waals surface area contributed by atoms with Gasteiger partial charge in [-0.25, -0.2) is 9.59 Å². The number of hydrogen-bond acceptors (Lipinski definition) is 19. The van der Waals surface area contributed by atoms with E-state index in [9.17, 15) is 70.6 Å². The number of esters is 1. The van der Waals surface area contributed by atoms with Crippen molar-refractivity contribution in [2.75, 3.05) is 26.4 Å². The highest BCUT2D eigenvalue weighted by atomic mass is 28.3. The van der Waals surface area contributed by atoms with E-state index in [1.165, 1.54) is 0 Å². The smallest absolute Gasteiger partial charge is 0.407 e. The van der Waals surface area contributed by atoms with Crippen molar-refractivity contribution >= 4 is 26.2 Å². The van der Waals surface area contributed by atoms with Crippen LogP contribution in [0.15, 0.2) is 85.1 Å². The second-order valence-corrected chi connectivity index (χ2v) is 27.0. The van der Waals surface area contributed by atoms with Gasteiger partial charge in [0.2, 0.25) is 0 Å². The number of hydrogen-bond donors (Lipinski definition) is 14. The summed E-state index contributed by atoms with van der Waals surface area (Å²) in [4.78, 5) is 38.5. The first kappa shape index (κ1) is 67.1. The summed E-state index contributed by atoms with van der Waals surface area (Å²) in [5.41, 5.74) is 0. The van der Waals surface area contributed by atoms with E-state index < -0.39 is 149 Å². The number of ether oxygens (including phenoxy) is 5. The summed E-state index contributed by atoms with van der Waals surface area (Å²) >= 11 is 0. The maximum Gasteiger partial charge on any atom is 0.407 e. The number of rotatable bonds is 10. The fraction of sp³-hybridized carbons (Fsp3) is 0.685. The fourth-order valence-electron chi connectivity index (χ4n) is 8.63. The maximum absolute atomic E-state index is 13.1. The van der Waals surface area contributed by atoms with Crippen molar-refractivity contribution in [1.29, 1.82) is 0 Å². The lowest BCUT2D eigenvalue weighted by Crippen LogP contribution is -2.63. The molecule has 0 saturated carbocycles. The fourth-order valence-corrected chi connectivity index (χ4v) is 9.34. The Morgan fingerprint density at radius 3 is 1.95 bits per heavy atom. The van der Waals surface area contributed by atoms with Gasteiger partial charge in [0.1, 0.15) is 18.3 Å². The SMILES string of the molecule is C[C@H]1C[C@H](O)[C@@H](C)/C=C/C=C/C=C/C=C/C=C/C=C/C=C/[C@H](O[C@@H]2OC[C@@H](O)[C@H](NC(=O)OCC[Si](C)(C)C)[C@@H]2O)C[C@@H]2O[C@](O)(C[C@@H](O)C[C@@H](O)[C@H](O)CC[C@@H](O)C[C@@H](O)CC(=O)O1)C[C@H](O)[C@H]2NC(=O)NCCCO. The molecule has 0 unspecified atom stereocenters. The number of aliphatic hydroxyl groups excluding tert-OH is 10. The van der Waals surface area contributed by atoms with E-state index in [-0.39, 0.29) is 70.8 Å². The Hall–Kier alpha value is -4.15. The van der Waals surface area contributed by atoms with Gasteiger partial charge in [0.15, 0.2) is 12.1 Å². The van der Waals surface area contributed by atoms with Crippen LogP contribution in [-0.4, -0.2) is 206 Å². The molecule has 2 fully saturated rings.